The second-order valence-corrected chi connectivity index (χ2v) is 5.41. The van der Waals surface area contributed by atoms with Gasteiger partial charge in [0.2, 0.25) is 0 Å². The number of nitrogens with zero attached hydrogens (tertiary/aromatic N) is 1. The minimum Gasteiger partial charge on any atom is -0.388 e. The lowest BCUT2D eigenvalue weighted by Gasteiger charge is -2.12. The molecule has 1 atom stereocenters. The van der Waals surface area contributed by atoms with Crippen LogP contribution in [0.15, 0.2) is 41.0 Å². The van der Waals surface area contributed by atoms with Crippen molar-refractivity contribution >= 4 is 15.9 Å². The Morgan fingerprint density at radius 1 is 1.22 bits per heavy atom. The highest BCUT2D eigenvalue weighted by Crippen LogP contribution is 2.23. The predicted octanol–water partition coefficient (Wildman–Crippen LogP) is 3.74. The number of aliphatic hydroxyl groups excluding tert-OH is 1. The van der Waals surface area contributed by atoms with Crippen LogP contribution in [0.5, 0.6) is 0 Å². The van der Waals surface area contributed by atoms with Crippen LogP contribution in [0.4, 0.5) is 0 Å². The van der Waals surface area contributed by atoms with Crippen molar-refractivity contribution in [2.45, 2.75) is 26.4 Å². The third kappa shape index (κ3) is 3.18. The van der Waals surface area contributed by atoms with Gasteiger partial charge in [0.05, 0.1) is 6.10 Å². The number of aliphatic hydroxyl groups is 1. The Bertz CT molecular complexity index is 537. The van der Waals surface area contributed by atoms with Gasteiger partial charge in [0, 0.05) is 22.8 Å². The Balaban J connectivity index is 2.13. The van der Waals surface area contributed by atoms with Crippen LogP contribution >= 0.6 is 15.9 Å². The van der Waals surface area contributed by atoms with Crippen LogP contribution in [-0.4, -0.2) is 10.1 Å². The van der Waals surface area contributed by atoms with E-state index in [0.717, 1.165) is 21.3 Å². The number of hydrogen-bond donors (Lipinski definition) is 1. The fraction of sp³-hybridized carbons (Fsp3) is 0.267. The third-order valence-electron chi connectivity index (χ3n) is 2.96. The average molecular weight is 306 g/mol. The van der Waals surface area contributed by atoms with Crippen LogP contribution in [0.2, 0.25) is 0 Å². The van der Waals surface area contributed by atoms with Gasteiger partial charge in [-0.15, -0.1) is 0 Å². The molecule has 0 radical (unpaired) electrons. The summed E-state index contributed by atoms with van der Waals surface area (Å²) in [5.41, 5.74) is 4.12. The summed E-state index contributed by atoms with van der Waals surface area (Å²) in [7, 11) is 0. The molecule has 0 aliphatic rings. The molecule has 3 heteroatoms. The topological polar surface area (TPSA) is 33.1 Å². The van der Waals surface area contributed by atoms with Crippen molar-refractivity contribution in [1.29, 1.82) is 0 Å². The Labute approximate surface area is 116 Å². The van der Waals surface area contributed by atoms with Crippen molar-refractivity contribution in [3.8, 4) is 0 Å². The van der Waals surface area contributed by atoms with Crippen LogP contribution in [0.1, 0.15) is 28.5 Å². The van der Waals surface area contributed by atoms with Gasteiger partial charge in [0.15, 0.2) is 0 Å². The Kier molecular flexibility index (Phi) is 4.15. The SMILES string of the molecule is Cc1ccc(CC(O)c2ccc(C)c(Br)c2)nc1. The highest BCUT2D eigenvalue weighted by molar-refractivity contribution is 9.10. The molecule has 2 nitrogen and oxygen atoms in total. The van der Waals surface area contributed by atoms with E-state index in [1.165, 1.54) is 5.56 Å². The quantitative estimate of drug-likeness (QED) is 0.937. The van der Waals surface area contributed by atoms with E-state index in [4.69, 9.17) is 0 Å². The molecule has 18 heavy (non-hydrogen) atoms. The standard InChI is InChI=1S/C15H16BrNO/c1-10-3-6-13(17-9-10)8-15(18)12-5-4-11(2)14(16)7-12/h3-7,9,15,18H,8H2,1-2H3. The van der Waals surface area contributed by atoms with E-state index in [0.29, 0.717) is 6.42 Å². The van der Waals surface area contributed by atoms with Crippen LogP contribution < -0.4 is 0 Å². The molecule has 0 spiro atoms. The van der Waals surface area contributed by atoms with Gasteiger partial charge in [-0.2, -0.15) is 0 Å². The number of aromatic nitrogens is 1. The summed E-state index contributed by atoms with van der Waals surface area (Å²) < 4.78 is 1.02. The lowest BCUT2D eigenvalue weighted by molar-refractivity contribution is 0.177. The summed E-state index contributed by atoms with van der Waals surface area (Å²) in [6.45, 7) is 4.03. The van der Waals surface area contributed by atoms with Crippen molar-refractivity contribution in [2.24, 2.45) is 0 Å². The Morgan fingerprint density at radius 3 is 2.61 bits per heavy atom. The van der Waals surface area contributed by atoms with Gasteiger partial charge in [0.25, 0.3) is 0 Å². The molecule has 0 saturated heterocycles. The number of rotatable bonds is 3. The number of aryl methyl sites for hydroxylation is 2. The summed E-state index contributed by atoms with van der Waals surface area (Å²) in [5, 5.41) is 10.2. The summed E-state index contributed by atoms with van der Waals surface area (Å²) >= 11 is 3.48. The van der Waals surface area contributed by atoms with Crippen molar-refractivity contribution in [1.82, 2.24) is 4.98 Å². The molecule has 0 saturated carbocycles. The smallest absolute Gasteiger partial charge is 0.0845 e. The van der Waals surface area contributed by atoms with Gasteiger partial charge in [-0.05, 0) is 42.7 Å². The summed E-state index contributed by atoms with van der Waals surface area (Å²) in [4.78, 5) is 4.31. The van der Waals surface area contributed by atoms with Gasteiger partial charge < -0.3 is 5.11 Å². The zero-order chi connectivity index (χ0) is 13.1. The molecule has 1 N–H and O–H groups in total. The fourth-order valence-electron chi connectivity index (χ4n) is 1.75. The van der Waals surface area contributed by atoms with E-state index in [9.17, 15) is 5.11 Å². The minimum absolute atomic E-state index is 0.517. The molecule has 94 valence electrons. The largest absolute Gasteiger partial charge is 0.388 e. The third-order valence-corrected chi connectivity index (χ3v) is 3.81. The van der Waals surface area contributed by atoms with Crippen molar-refractivity contribution in [3.05, 3.63) is 63.4 Å². The highest BCUT2D eigenvalue weighted by Gasteiger charge is 2.10. The lowest BCUT2D eigenvalue weighted by atomic mass is 10.0. The molecule has 0 aliphatic carbocycles. The molecule has 0 fully saturated rings. The van der Waals surface area contributed by atoms with Crippen LogP contribution in [-0.2, 0) is 6.42 Å². The van der Waals surface area contributed by atoms with Gasteiger partial charge in [-0.1, -0.05) is 34.1 Å². The maximum atomic E-state index is 10.2. The Morgan fingerprint density at radius 2 is 2.00 bits per heavy atom. The monoisotopic (exact) mass is 305 g/mol. The second kappa shape index (κ2) is 5.63. The molecule has 0 bridgehead atoms. The summed E-state index contributed by atoms with van der Waals surface area (Å²) in [6.07, 6.45) is 1.85. The van der Waals surface area contributed by atoms with E-state index >= 15 is 0 Å². The molecular weight excluding hydrogens is 290 g/mol. The maximum Gasteiger partial charge on any atom is 0.0845 e. The number of halogens is 1. The normalized spacial score (nSPS) is 12.4. The second-order valence-electron chi connectivity index (χ2n) is 4.56. The van der Waals surface area contributed by atoms with Gasteiger partial charge in [0.1, 0.15) is 0 Å². The summed E-state index contributed by atoms with van der Waals surface area (Å²) in [5.74, 6) is 0. The van der Waals surface area contributed by atoms with E-state index in [2.05, 4.69) is 20.9 Å². The van der Waals surface area contributed by atoms with E-state index < -0.39 is 6.10 Å². The van der Waals surface area contributed by atoms with Crippen molar-refractivity contribution in [2.75, 3.05) is 0 Å². The minimum atomic E-state index is -0.517. The first-order chi connectivity index (χ1) is 8.56. The van der Waals surface area contributed by atoms with Crippen LogP contribution in [0.25, 0.3) is 0 Å². The summed E-state index contributed by atoms with van der Waals surface area (Å²) in [6, 6.07) is 9.90. The number of benzene rings is 1. The first-order valence-electron chi connectivity index (χ1n) is 5.92. The van der Waals surface area contributed by atoms with Crippen LogP contribution in [0.3, 0.4) is 0 Å². The van der Waals surface area contributed by atoms with Crippen molar-refractivity contribution in [3.63, 3.8) is 0 Å². The number of hydrogen-bond acceptors (Lipinski definition) is 2. The van der Waals surface area contributed by atoms with Gasteiger partial charge in [-0.25, -0.2) is 0 Å². The molecule has 0 amide bonds. The molecule has 2 rings (SSSR count). The molecule has 1 aromatic heterocycles. The molecule has 1 aromatic carbocycles. The number of pyridine rings is 1. The van der Waals surface area contributed by atoms with E-state index in [-0.39, 0.29) is 0 Å². The highest BCUT2D eigenvalue weighted by atomic mass is 79.9. The zero-order valence-corrected chi connectivity index (χ0v) is 12.1. The van der Waals surface area contributed by atoms with Crippen molar-refractivity contribution < 1.29 is 5.11 Å². The maximum absolute atomic E-state index is 10.2. The van der Waals surface area contributed by atoms with Gasteiger partial charge >= 0.3 is 0 Å². The Hall–Kier alpha value is -1.19. The van der Waals surface area contributed by atoms with E-state index in [1.807, 2.05) is 50.4 Å². The fourth-order valence-corrected chi connectivity index (χ4v) is 2.15. The van der Waals surface area contributed by atoms with Gasteiger partial charge in [-0.3, -0.25) is 4.98 Å². The van der Waals surface area contributed by atoms with Crippen LogP contribution in [0, 0.1) is 13.8 Å². The lowest BCUT2D eigenvalue weighted by Crippen LogP contribution is -2.03. The zero-order valence-electron chi connectivity index (χ0n) is 10.5. The predicted molar refractivity (Wildman–Crippen MR) is 76.5 cm³/mol. The molecule has 1 unspecified atom stereocenters. The molecule has 2 aromatic rings. The molecule has 0 aliphatic heterocycles. The average Bonchev–Trinajstić information content (AvgIpc) is 2.35. The molecular formula is C15H16BrNO. The van der Waals surface area contributed by atoms with E-state index in [1.54, 1.807) is 0 Å². The first kappa shape index (κ1) is 13.2. The first-order valence-corrected chi connectivity index (χ1v) is 6.71. The molecule has 1 heterocycles.